The summed E-state index contributed by atoms with van der Waals surface area (Å²) in [6.45, 7) is 4.86. The standard InChI is InChI=1S/C20H24F3N5O/c21-20(22,23)17-5-1-4-16(14-17)15-18(29)24-8-3-9-27-10-12-28(13-11-27)19-25-6-2-7-26-19/h1-2,4-7,14H,3,8-13,15H2,(H,24,29). The van der Waals surface area contributed by atoms with Crippen molar-refractivity contribution in [3.05, 3.63) is 53.9 Å². The molecular formula is C20H24F3N5O. The monoisotopic (exact) mass is 407 g/mol. The van der Waals surface area contributed by atoms with Crippen molar-refractivity contribution in [3.63, 3.8) is 0 Å². The van der Waals surface area contributed by atoms with Crippen molar-refractivity contribution < 1.29 is 18.0 Å². The Morgan fingerprint density at radius 2 is 1.79 bits per heavy atom. The molecule has 0 atom stereocenters. The smallest absolute Gasteiger partial charge is 0.356 e. The molecule has 9 heteroatoms. The minimum Gasteiger partial charge on any atom is -0.356 e. The highest BCUT2D eigenvalue weighted by Gasteiger charge is 2.30. The first-order chi connectivity index (χ1) is 13.9. The lowest BCUT2D eigenvalue weighted by molar-refractivity contribution is -0.137. The van der Waals surface area contributed by atoms with Gasteiger partial charge in [-0.15, -0.1) is 0 Å². The van der Waals surface area contributed by atoms with Crippen LogP contribution in [0.2, 0.25) is 0 Å². The summed E-state index contributed by atoms with van der Waals surface area (Å²) in [6, 6.07) is 6.68. The number of amides is 1. The lowest BCUT2D eigenvalue weighted by atomic mass is 10.1. The molecule has 1 aliphatic heterocycles. The normalized spacial score (nSPS) is 15.3. The number of piperazine rings is 1. The van der Waals surface area contributed by atoms with Crippen LogP contribution in [0.5, 0.6) is 0 Å². The van der Waals surface area contributed by atoms with Gasteiger partial charge in [0.15, 0.2) is 0 Å². The first kappa shape index (κ1) is 21.0. The number of hydrogen-bond donors (Lipinski definition) is 1. The van der Waals surface area contributed by atoms with Crippen LogP contribution in [0.1, 0.15) is 17.5 Å². The van der Waals surface area contributed by atoms with Gasteiger partial charge in [-0.3, -0.25) is 9.69 Å². The van der Waals surface area contributed by atoms with Crippen LogP contribution in [0.4, 0.5) is 19.1 Å². The molecule has 1 amide bonds. The zero-order chi connectivity index (χ0) is 20.7. The van der Waals surface area contributed by atoms with E-state index in [9.17, 15) is 18.0 Å². The Bertz CT molecular complexity index is 792. The fraction of sp³-hybridized carbons (Fsp3) is 0.450. The Labute approximate surface area is 167 Å². The Balaban J connectivity index is 1.33. The van der Waals surface area contributed by atoms with Crippen molar-refractivity contribution >= 4 is 11.9 Å². The van der Waals surface area contributed by atoms with Gasteiger partial charge in [0.05, 0.1) is 12.0 Å². The summed E-state index contributed by atoms with van der Waals surface area (Å²) < 4.78 is 38.2. The first-order valence-electron chi connectivity index (χ1n) is 9.59. The summed E-state index contributed by atoms with van der Waals surface area (Å²) in [4.78, 5) is 25.0. The third kappa shape index (κ3) is 6.42. The number of rotatable bonds is 7. The van der Waals surface area contributed by atoms with E-state index in [0.717, 1.165) is 57.2 Å². The minimum absolute atomic E-state index is 0.0559. The second-order valence-electron chi connectivity index (χ2n) is 6.96. The van der Waals surface area contributed by atoms with E-state index in [1.54, 1.807) is 18.5 Å². The van der Waals surface area contributed by atoms with Crippen molar-refractivity contribution in [1.82, 2.24) is 20.2 Å². The summed E-state index contributed by atoms with van der Waals surface area (Å²) in [5.74, 6) is 0.476. The van der Waals surface area contributed by atoms with E-state index in [0.29, 0.717) is 12.1 Å². The fourth-order valence-electron chi connectivity index (χ4n) is 3.26. The maximum Gasteiger partial charge on any atom is 0.416 e. The largest absolute Gasteiger partial charge is 0.416 e. The molecule has 0 unspecified atom stereocenters. The third-order valence-electron chi connectivity index (χ3n) is 4.80. The lowest BCUT2D eigenvalue weighted by Gasteiger charge is -2.34. The van der Waals surface area contributed by atoms with Gasteiger partial charge >= 0.3 is 6.18 Å². The predicted molar refractivity (Wildman–Crippen MR) is 103 cm³/mol. The van der Waals surface area contributed by atoms with Crippen LogP contribution in [-0.2, 0) is 17.4 Å². The van der Waals surface area contributed by atoms with Gasteiger partial charge in [0, 0.05) is 45.1 Å². The van der Waals surface area contributed by atoms with Gasteiger partial charge in [-0.25, -0.2) is 9.97 Å². The number of alkyl halides is 3. The van der Waals surface area contributed by atoms with Gasteiger partial charge in [0.2, 0.25) is 11.9 Å². The van der Waals surface area contributed by atoms with Crippen LogP contribution >= 0.6 is 0 Å². The number of carbonyl (C=O) groups is 1. The Hall–Kier alpha value is -2.68. The molecule has 0 bridgehead atoms. The van der Waals surface area contributed by atoms with Gasteiger partial charge in [-0.05, 0) is 30.7 Å². The molecule has 1 aliphatic rings. The molecule has 1 fully saturated rings. The number of halogens is 3. The van der Waals surface area contributed by atoms with Crippen LogP contribution in [-0.4, -0.2) is 60.0 Å². The van der Waals surface area contributed by atoms with Crippen LogP contribution in [0.3, 0.4) is 0 Å². The molecular weight excluding hydrogens is 383 g/mol. The van der Waals surface area contributed by atoms with Crippen molar-refractivity contribution in [2.45, 2.75) is 19.0 Å². The fourth-order valence-corrected chi connectivity index (χ4v) is 3.26. The van der Waals surface area contributed by atoms with Crippen molar-refractivity contribution in [2.75, 3.05) is 44.2 Å². The number of aromatic nitrogens is 2. The van der Waals surface area contributed by atoms with Crippen molar-refractivity contribution in [2.24, 2.45) is 0 Å². The SMILES string of the molecule is O=C(Cc1cccc(C(F)(F)F)c1)NCCCN1CCN(c2ncccn2)CC1. The molecule has 0 saturated carbocycles. The van der Waals surface area contributed by atoms with E-state index < -0.39 is 11.7 Å². The zero-order valence-electron chi connectivity index (χ0n) is 16.0. The average Bonchev–Trinajstić information content (AvgIpc) is 2.72. The number of benzene rings is 1. The quantitative estimate of drug-likeness (QED) is 0.714. The average molecular weight is 407 g/mol. The number of nitrogens with zero attached hydrogens (tertiary/aromatic N) is 4. The molecule has 1 aromatic carbocycles. The lowest BCUT2D eigenvalue weighted by Crippen LogP contribution is -2.47. The van der Waals surface area contributed by atoms with E-state index >= 15 is 0 Å². The summed E-state index contributed by atoms with van der Waals surface area (Å²) in [5.41, 5.74) is -0.376. The van der Waals surface area contributed by atoms with Crippen LogP contribution in [0.15, 0.2) is 42.7 Å². The first-order valence-corrected chi connectivity index (χ1v) is 9.59. The van der Waals surface area contributed by atoms with Crippen LogP contribution in [0.25, 0.3) is 0 Å². The highest BCUT2D eigenvalue weighted by atomic mass is 19.4. The van der Waals surface area contributed by atoms with E-state index in [2.05, 4.69) is 25.1 Å². The molecule has 3 rings (SSSR count). The molecule has 1 N–H and O–H groups in total. The molecule has 1 saturated heterocycles. The molecule has 0 spiro atoms. The van der Waals surface area contributed by atoms with E-state index in [1.165, 1.54) is 12.1 Å². The molecule has 2 aromatic rings. The van der Waals surface area contributed by atoms with Gasteiger partial charge in [0.25, 0.3) is 0 Å². The molecule has 0 aliphatic carbocycles. The zero-order valence-corrected chi connectivity index (χ0v) is 16.0. The summed E-state index contributed by atoms with van der Waals surface area (Å²) in [5, 5.41) is 2.79. The van der Waals surface area contributed by atoms with E-state index in [4.69, 9.17) is 0 Å². The summed E-state index contributed by atoms with van der Waals surface area (Å²) >= 11 is 0. The van der Waals surface area contributed by atoms with Gasteiger partial charge in [-0.2, -0.15) is 13.2 Å². The molecule has 156 valence electrons. The third-order valence-corrected chi connectivity index (χ3v) is 4.80. The Morgan fingerprint density at radius 1 is 1.07 bits per heavy atom. The maximum atomic E-state index is 12.7. The van der Waals surface area contributed by atoms with Gasteiger partial charge in [-0.1, -0.05) is 18.2 Å². The Kier molecular flexibility index (Phi) is 7.03. The molecule has 29 heavy (non-hydrogen) atoms. The number of hydrogen-bond acceptors (Lipinski definition) is 5. The Morgan fingerprint density at radius 3 is 2.48 bits per heavy atom. The highest BCUT2D eigenvalue weighted by molar-refractivity contribution is 5.78. The van der Waals surface area contributed by atoms with Crippen molar-refractivity contribution in [3.8, 4) is 0 Å². The second kappa shape index (κ2) is 9.69. The number of carbonyl (C=O) groups excluding carboxylic acids is 1. The van der Waals surface area contributed by atoms with E-state index in [-0.39, 0.29) is 12.3 Å². The number of nitrogens with one attached hydrogen (secondary N) is 1. The maximum absolute atomic E-state index is 12.7. The van der Waals surface area contributed by atoms with Gasteiger partial charge in [0.1, 0.15) is 0 Å². The van der Waals surface area contributed by atoms with Crippen molar-refractivity contribution in [1.29, 1.82) is 0 Å². The molecule has 2 heterocycles. The minimum atomic E-state index is -4.40. The summed E-state index contributed by atoms with van der Waals surface area (Å²) in [6.07, 6.45) is -0.202. The predicted octanol–water partition coefficient (Wildman–Crippen LogP) is 2.37. The second-order valence-corrected chi connectivity index (χ2v) is 6.96. The van der Waals surface area contributed by atoms with Crippen LogP contribution in [0, 0.1) is 0 Å². The number of anilines is 1. The van der Waals surface area contributed by atoms with E-state index in [1.807, 2.05) is 0 Å². The molecule has 0 radical (unpaired) electrons. The van der Waals surface area contributed by atoms with Crippen LogP contribution < -0.4 is 10.2 Å². The molecule has 6 nitrogen and oxygen atoms in total. The summed E-state index contributed by atoms with van der Waals surface area (Å²) in [7, 11) is 0. The molecule has 1 aromatic heterocycles. The topological polar surface area (TPSA) is 61.4 Å². The highest BCUT2D eigenvalue weighted by Crippen LogP contribution is 2.29. The van der Waals surface area contributed by atoms with Gasteiger partial charge < -0.3 is 10.2 Å².